The van der Waals surface area contributed by atoms with Crippen LogP contribution in [0.15, 0.2) is 0 Å². The molecule has 1 heteroatoms. The second-order valence-electron chi connectivity index (χ2n) is 6.08. The largest absolute Gasteiger partial charge is 0.313 e. The van der Waals surface area contributed by atoms with Crippen LogP contribution in [0.1, 0.15) is 59.8 Å². The molecule has 0 aromatic rings. The van der Waals surface area contributed by atoms with Crippen LogP contribution in [0.2, 0.25) is 0 Å². The molecule has 0 saturated heterocycles. The Hall–Kier alpha value is -0.0400. The van der Waals surface area contributed by atoms with Crippen molar-refractivity contribution in [1.29, 1.82) is 0 Å². The number of hydrogen-bond donors (Lipinski definition) is 1. The Kier molecular flexibility index (Phi) is 5.66. The maximum Gasteiger partial charge on any atom is 0.00955 e. The Bertz CT molecular complexity index is 163. The van der Waals surface area contributed by atoms with Crippen molar-refractivity contribution < 1.29 is 0 Å². The lowest BCUT2D eigenvalue weighted by Gasteiger charge is -2.34. The summed E-state index contributed by atoms with van der Waals surface area (Å²) in [7, 11) is 0. The average molecular weight is 211 g/mol. The van der Waals surface area contributed by atoms with Gasteiger partial charge in [0.05, 0.1) is 0 Å². The Balaban J connectivity index is 2.35. The summed E-state index contributed by atoms with van der Waals surface area (Å²) in [5.41, 5.74) is 0. The summed E-state index contributed by atoms with van der Waals surface area (Å²) in [5, 5.41) is 3.78. The third kappa shape index (κ3) is 5.01. The van der Waals surface area contributed by atoms with Crippen LogP contribution in [-0.4, -0.2) is 12.6 Å². The molecule has 1 aliphatic carbocycles. The molecule has 1 rings (SSSR count). The normalized spacial score (nSPS) is 27.6. The minimum absolute atomic E-state index is 0.784. The third-order valence-electron chi connectivity index (χ3n) is 3.47. The molecule has 0 heterocycles. The summed E-state index contributed by atoms with van der Waals surface area (Å²) in [6.45, 7) is 10.5. The lowest BCUT2D eigenvalue weighted by molar-refractivity contribution is 0.224. The van der Waals surface area contributed by atoms with E-state index in [1.807, 2.05) is 0 Å². The number of hydrogen-bond acceptors (Lipinski definition) is 1. The molecular weight excluding hydrogens is 182 g/mol. The molecule has 2 atom stereocenters. The molecule has 0 amide bonds. The first-order chi connectivity index (χ1) is 7.09. The third-order valence-corrected chi connectivity index (χ3v) is 3.47. The zero-order chi connectivity index (χ0) is 11.3. The SMILES string of the molecule is CC(C)CNC1CCCCC1CC(C)C. The molecule has 2 unspecified atom stereocenters. The molecule has 0 radical (unpaired) electrons. The molecule has 0 aromatic carbocycles. The van der Waals surface area contributed by atoms with E-state index < -0.39 is 0 Å². The second-order valence-corrected chi connectivity index (χ2v) is 6.08. The van der Waals surface area contributed by atoms with Crippen LogP contribution in [0.25, 0.3) is 0 Å². The van der Waals surface area contributed by atoms with Gasteiger partial charge in [0.1, 0.15) is 0 Å². The average Bonchev–Trinajstić information content (AvgIpc) is 2.15. The van der Waals surface area contributed by atoms with Gasteiger partial charge in [-0.1, -0.05) is 40.5 Å². The lowest BCUT2D eigenvalue weighted by atomic mass is 9.79. The maximum absolute atomic E-state index is 3.78. The fourth-order valence-electron chi connectivity index (χ4n) is 2.75. The van der Waals surface area contributed by atoms with Gasteiger partial charge in [0.15, 0.2) is 0 Å². The van der Waals surface area contributed by atoms with Crippen molar-refractivity contribution in [2.75, 3.05) is 6.54 Å². The molecule has 90 valence electrons. The predicted molar refractivity (Wildman–Crippen MR) is 68.0 cm³/mol. The van der Waals surface area contributed by atoms with Crippen molar-refractivity contribution in [2.24, 2.45) is 17.8 Å². The van der Waals surface area contributed by atoms with Gasteiger partial charge in [-0.25, -0.2) is 0 Å². The van der Waals surface area contributed by atoms with E-state index in [9.17, 15) is 0 Å². The van der Waals surface area contributed by atoms with Crippen molar-refractivity contribution in [1.82, 2.24) is 5.32 Å². The minimum Gasteiger partial charge on any atom is -0.313 e. The zero-order valence-corrected chi connectivity index (χ0v) is 11.1. The van der Waals surface area contributed by atoms with Gasteiger partial charge in [0.2, 0.25) is 0 Å². The highest BCUT2D eigenvalue weighted by atomic mass is 14.9. The maximum atomic E-state index is 3.78. The summed E-state index contributed by atoms with van der Waals surface area (Å²) < 4.78 is 0. The molecule has 1 fully saturated rings. The highest BCUT2D eigenvalue weighted by molar-refractivity contribution is 4.81. The van der Waals surface area contributed by atoms with Crippen LogP contribution in [0.5, 0.6) is 0 Å². The van der Waals surface area contributed by atoms with Gasteiger partial charge < -0.3 is 5.32 Å². The molecule has 1 aliphatic rings. The van der Waals surface area contributed by atoms with Crippen LogP contribution in [0, 0.1) is 17.8 Å². The second kappa shape index (κ2) is 6.52. The first-order valence-corrected chi connectivity index (χ1v) is 6.83. The van der Waals surface area contributed by atoms with Crippen molar-refractivity contribution in [3.8, 4) is 0 Å². The molecule has 1 nitrogen and oxygen atoms in total. The van der Waals surface area contributed by atoms with E-state index in [-0.39, 0.29) is 0 Å². The van der Waals surface area contributed by atoms with Crippen molar-refractivity contribution in [3.05, 3.63) is 0 Å². The summed E-state index contributed by atoms with van der Waals surface area (Å²) in [5.74, 6) is 2.58. The van der Waals surface area contributed by atoms with E-state index in [0.717, 1.165) is 23.8 Å². The van der Waals surface area contributed by atoms with E-state index in [4.69, 9.17) is 0 Å². The predicted octanol–water partition coefficient (Wildman–Crippen LogP) is 3.84. The zero-order valence-electron chi connectivity index (χ0n) is 11.1. The molecule has 15 heavy (non-hydrogen) atoms. The van der Waals surface area contributed by atoms with Crippen molar-refractivity contribution in [3.63, 3.8) is 0 Å². The number of rotatable bonds is 5. The fraction of sp³-hybridized carbons (Fsp3) is 1.00. The van der Waals surface area contributed by atoms with Gasteiger partial charge in [-0.05, 0) is 43.6 Å². The quantitative estimate of drug-likeness (QED) is 0.728. The topological polar surface area (TPSA) is 12.0 Å². The van der Waals surface area contributed by atoms with E-state index in [2.05, 4.69) is 33.0 Å². The summed E-state index contributed by atoms with van der Waals surface area (Å²) in [6.07, 6.45) is 7.16. The van der Waals surface area contributed by atoms with Gasteiger partial charge >= 0.3 is 0 Å². The van der Waals surface area contributed by atoms with Crippen LogP contribution < -0.4 is 5.32 Å². The molecule has 0 bridgehead atoms. The van der Waals surface area contributed by atoms with Crippen LogP contribution in [0.3, 0.4) is 0 Å². The fourth-order valence-corrected chi connectivity index (χ4v) is 2.75. The van der Waals surface area contributed by atoms with E-state index in [1.165, 1.54) is 38.6 Å². The van der Waals surface area contributed by atoms with E-state index >= 15 is 0 Å². The monoisotopic (exact) mass is 211 g/mol. The first-order valence-electron chi connectivity index (χ1n) is 6.83. The van der Waals surface area contributed by atoms with Gasteiger partial charge in [-0.3, -0.25) is 0 Å². The smallest absolute Gasteiger partial charge is 0.00955 e. The lowest BCUT2D eigenvalue weighted by Crippen LogP contribution is -2.40. The van der Waals surface area contributed by atoms with Gasteiger partial charge in [-0.2, -0.15) is 0 Å². The van der Waals surface area contributed by atoms with Crippen molar-refractivity contribution in [2.45, 2.75) is 65.8 Å². The Morgan fingerprint density at radius 3 is 2.27 bits per heavy atom. The molecule has 0 aromatic heterocycles. The highest BCUT2D eigenvalue weighted by Crippen LogP contribution is 2.29. The molecule has 1 N–H and O–H groups in total. The molecule has 0 aliphatic heterocycles. The molecular formula is C14H29N. The van der Waals surface area contributed by atoms with E-state index in [0.29, 0.717) is 0 Å². The first kappa shape index (κ1) is 13.0. The summed E-state index contributed by atoms with van der Waals surface area (Å²) in [4.78, 5) is 0. The Morgan fingerprint density at radius 2 is 1.67 bits per heavy atom. The molecule has 1 saturated carbocycles. The Labute approximate surface area is 96.0 Å². The van der Waals surface area contributed by atoms with Crippen molar-refractivity contribution >= 4 is 0 Å². The highest BCUT2D eigenvalue weighted by Gasteiger charge is 2.25. The summed E-state index contributed by atoms with van der Waals surface area (Å²) >= 11 is 0. The standard InChI is InChI=1S/C14H29N/c1-11(2)9-13-7-5-6-8-14(13)15-10-12(3)4/h11-15H,5-10H2,1-4H3. The van der Waals surface area contributed by atoms with Crippen LogP contribution >= 0.6 is 0 Å². The molecule has 0 spiro atoms. The van der Waals surface area contributed by atoms with E-state index in [1.54, 1.807) is 0 Å². The number of nitrogens with one attached hydrogen (secondary N) is 1. The minimum atomic E-state index is 0.784. The van der Waals surface area contributed by atoms with Crippen LogP contribution in [0.4, 0.5) is 0 Å². The van der Waals surface area contributed by atoms with Gasteiger partial charge in [0, 0.05) is 6.04 Å². The summed E-state index contributed by atoms with van der Waals surface area (Å²) in [6, 6.07) is 0.809. The van der Waals surface area contributed by atoms with Gasteiger partial charge in [0.25, 0.3) is 0 Å². The van der Waals surface area contributed by atoms with Crippen LogP contribution in [-0.2, 0) is 0 Å². The van der Waals surface area contributed by atoms with Gasteiger partial charge in [-0.15, -0.1) is 0 Å². The Morgan fingerprint density at radius 1 is 1.00 bits per heavy atom.